The Hall–Kier alpha value is -2.81. The lowest BCUT2D eigenvalue weighted by atomic mass is 10.0. The summed E-state index contributed by atoms with van der Waals surface area (Å²) in [7, 11) is 4.20. The Bertz CT molecular complexity index is 648. The fourth-order valence-corrected chi connectivity index (χ4v) is 2.23. The summed E-state index contributed by atoms with van der Waals surface area (Å²) in [6.45, 7) is 0. The van der Waals surface area contributed by atoms with Crippen LogP contribution in [0.2, 0.25) is 0 Å². The number of hydrogen-bond donors (Lipinski definition) is 3. The molecule has 0 heterocycles. The van der Waals surface area contributed by atoms with Gasteiger partial charge in [0, 0.05) is 12.8 Å². The van der Waals surface area contributed by atoms with Crippen LogP contribution in [0.25, 0.3) is 0 Å². The highest BCUT2D eigenvalue weighted by Gasteiger charge is 2.24. The van der Waals surface area contributed by atoms with E-state index in [0.717, 1.165) is 0 Å². The summed E-state index contributed by atoms with van der Waals surface area (Å²) in [4.78, 5) is 34.6. The number of amides is 1. The van der Waals surface area contributed by atoms with Crippen molar-refractivity contribution < 1.29 is 33.7 Å². The van der Waals surface area contributed by atoms with Crippen molar-refractivity contribution in [2.45, 2.75) is 31.3 Å². The van der Waals surface area contributed by atoms with E-state index >= 15 is 0 Å². The van der Waals surface area contributed by atoms with Crippen molar-refractivity contribution in [2.24, 2.45) is 5.73 Å². The minimum Gasteiger partial charge on any atom is -0.493 e. The molecule has 9 nitrogen and oxygen atoms in total. The third kappa shape index (κ3) is 6.25. The third-order valence-corrected chi connectivity index (χ3v) is 3.73. The molecular formula is C17H24N2O7. The molecule has 1 amide bonds. The smallest absolute Gasteiger partial charge is 0.326 e. The average Bonchev–Trinajstić information content (AvgIpc) is 2.64. The molecule has 4 N–H and O–H groups in total. The van der Waals surface area contributed by atoms with Gasteiger partial charge in [-0.1, -0.05) is 6.07 Å². The van der Waals surface area contributed by atoms with E-state index in [4.69, 9.17) is 15.2 Å². The van der Waals surface area contributed by atoms with Gasteiger partial charge in [0.05, 0.1) is 27.4 Å². The Morgan fingerprint density at radius 1 is 1.15 bits per heavy atom. The van der Waals surface area contributed by atoms with Gasteiger partial charge in [-0.3, -0.25) is 9.59 Å². The van der Waals surface area contributed by atoms with Gasteiger partial charge in [-0.2, -0.15) is 0 Å². The molecule has 1 rings (SSSR count). The highest BCUT2D eigenvalue weighted by atomic mass is 16.5. The second kappa shape index (κ2) is 10.2. The Balaban J connectivity index is 2.76. The van der Waals surface area contributed by atoms with Crippen LogP contribution in [-0.2, 0) is 25.5 Å². The van der Waals surface area contributed by atoms with Gasteiger partial charge in [0.15, 0.2) is 11.5 Å². The molecular weight excluding hydrogens is 344 g/mol. The van der Waals surface area contributed by atoms with Gasteiger partial charge in [-0.15, -0.1) is 0 Å². The zero-order valence-electron chi connectivity index (χ0n) is 15.0. The van der Waals surface area contributed by atoms with Crippen molar-refractivity contribution in [3.63, 3.8) is 0 Å². The molecule has 0 aromatic heterocycles. The number of esters is 1. The van der Waals surface area contributed by atoms with Gasteiger partial charge in [0.25, 0.3) is 0 Å². The number of carbonyl (C=O) groups is 3. The molecule has 0 spiro atoms. The lowest BCUT2D eigenvalue weighted by Crippen LogP contribution is -2.49. The van der Waals surface area contributed by atoms with Crippen LogP contribution in [0.1, 0.15) is 18.4 Å². The number of nitrogens with two attached hydrogens (primary N) is 1. The van der Waals surface area contributed by atoms with E-state index in [1.165, 1.54) is 21.3 Å². The quantitative estimate of drug-likeness (QED) is 0.494. The summed E-state index contributed by atoms with van der Waals surface area (Å²) in [5.41, 5.74) is 6.33. The maximum Gasteiger partial charge on any atom is 0.326 e. The van der Waals surface area contributed by atoms with Crippen molar-refractivity contribution in [3.05, 3.63) is 23.8 Å². The molecule has 0 radical (unpaired) electrons. The number of ether oxygens (including phenoxy) is 3. The molecule has 0 saturated heterocycles. The summed E-state index contributed by atoms with van der Waals surface area (Å²) in [5.74, 6) is -1.38. The second-order valence-electron chi connectivity index (χ2n) is 5.51. The molecule has 0 fully saturated rings. The number of aliphatic carboxylic acids is 1. The fourth-order valence-electron chi connectivity index (χ4n) is 2.23. The number of carboxylic acids is 1. The molecule has 9 heteroatoms. The first-order chi connectivity index (χ1) is 12.3. The maximum absolute atomic E-state index is 12.1. The largest absolute Gasteiger partial charge is 0.493 e. The van der Waals surface area contributed by atoms with Gasteiger partial charge in [0.1, 0.15) is 6.04 Å². The van der Waals surface area contributed by atoms with Crippen LogP contribution in [0, 0.1) is 0 Å². The van der Waals surface area contributed by atoms with E-state index in [9.17, 15) is 19.5 Å². The first-order valence-electron chi connectivity index (χ1n) is 7.88. The molecule has 1 aromatic rings. The predicted octanol–water partition coefficient (Wildman–Crippen LogP) is 0.0962. The molecule has 0 aliphatic carbocycles. The van der Waals surface area contributed by atoms with E-state index in [1.807, 2.05) is 0 Å². The first-order valence-corrected chi connectivity index (χ1v) is 7.88. The standard InChI is InChI=1S/C17H24N2O7/c1-24-13-6-4-10(9-14(13)25-2)8-12(17(22)23)19-16(21)11(18)5-7-15(20)26-3/h4,6,9,11-12H,5,7-8,18H2,1-3H3,(H,19,21)(H,22,23)/t11-,12-/m0/s1. The van der Waals surface area contributed by atoms with Crippen LogP contribution < -0.4 is 20.5 Å². The summed E-state index contributed by atoms with van der Waals surface area (Å²) < 4.78 is 14.8. The van der Waals surface area contributed by atoms with E-state index in [2.05, 4.69) is 10.1 Å². The highest BCUT2D eigenvalue weighted by Crippen LogP contribution is 2.28. The lowest BCUT2D eigenvalue weighted by Gasteiger charge is -2.18. The lowest BCUT2D eigenvalue weighted by molar-refractivity contribution is -0.143. The van der Waals surface area contributed by atoms with Crippen LogP contribution in [0.4, 0.5) is 0 Å². The summed E-state index contributed by atoms with van der Waals surface area (Å²) in [6.07, 6.45) is 0.0604. The third-order valence-electron chi connectivity index (χ3n) is 3.73. The van der Waals surface area contributed by atoms with Gasteiger partial charge in [0.2, 0.25) is 5.91 Å². The van der Waals surface area contributed by atoms with E-state index in [-0.39, 0.29) is 19.3 Å². The van der Waals surface area contributed by atoms with Crippen molar-refractivity contribution in [1.29, 1.82) is 0 Å². The summed E-state index contributed by atoms with van der Waals surface area (Å²) >= 11 is 0. The van der Waals surface area contributed by atoms with Gasteiger partial charge in [-0.05, 0) is 24.1 Å². The normalized spacial score (nSPS) is 12.6. The zero-order valence-corrected chi connectivity index (χ0v) is 15.0. The second-order valence-corrected chi connectivity index (χ2v) is 5.51. The number of carboxylic acid groups (broad SMARTS) is 1. The minimum atomic E-state index is -1.20. The van der Waals surface area contributed by atoms with Gasteiger partial charge in [-0.25, -0.2) is 4.79 Å². The maximum atomic E-state index is 12.1. The Morgan fingerprint density at radius 2 is 1.81 bits per heavy atom. The Labute approximate surface area is 151 Å². The number of methoxy groups -OCH3 is 3. The zero-order chi connectivity index (χ0) is 19.7. The highest BCUT2D eigenvalue weighted by molar-refractivity contribution is 5.87. The molecule has 144 valence electrons. The summed E-state index contributed by atoms with van der Waals surface area (Å²) in [6, 6.07) is 2.78. The molecule has 0 aliphatic heterocycles. The Kier molecular flexibility index (Phi) is 8.36. The molecule has 26 heavy (non-hydrogen) atoms. The van der Waals surface area contributed by atoms with Crippen molar-refractivity contribution in [1.82, 2.24) is 5.32 Å². The van der Waals surface area contributed by atoms with Crippen LogP contribution >= 0.6 is 0 Å². The van der Waals surface area contributed by atoms with Crippen LogP contribution in [0.3, 0.4) is 0 Å². The van der Waals surface area contributed by atoms with Crippen LogP contribution in [-0.4, -0.2) is 56.4 Å². The summed E-state index contributed by atoms with van der Waals surface area (Å²) in [5, 5.41) is 11.7. The minimum absolute atomic E-state index is 0.0293. The molecule has 1 aromatic carbocycles. The number of carbonyl (C=O) groups excluding carboxylic acids is 2. The van der Waals surface area contributed by atoms with Crippen LogP contribution in [0.15, 0.2) is 18.2 Å². The van der Waals surface area contributed by atoms with E-state index < -0.39 is 29.9 Å². The predicted molar refractivity (Wildman–Crippen MR) is 92.0 cm³/mol. The SMILES string of the molecule is COC(=O)CC[C@H](N)C(=O)N[C@@H](Cc1ccc(OC)c(OC)c1)C(=O)O. The van der Waals surface area contributed by atoms with Crippen molar-refractivity contribution in [3.8, 4) is 11.5 Å². The molecule has 0 unspecified atom stereocenters. The van der Waals surface area contributed by atoms with Crippen molar-refractivity contribution in [2.75, 3.05) is 21.3 Å². The number of hydrogen-bond acceptors (Lipinski definition) is 7. The Morgan fingerprint density at radius 3 is 2.35 bits per heavy atom. The monoisotopic (exact) mass is 368 g/mol. The number of rotatable bonds is 10. The fraction of sp³-hybridized carbons (Fsp3) is 0.471. The van der Waals surface area contributed by atoms with Crippen molar-refractivity contribution >= 4 is 17.8 Å². The van der Waals surface area contributed by atoms with E-state index in [1.54, 1.807) is 18.2 Å². The van der Waals surface area contributed by atoms with Crippen LogP contribution in [0.5, 0.6) is 11.5 Å². The number of benzene rings is 1. The molecule has 0 aliphatic rings. The molecule has 2 atom stereocenters. The van der Waals surface area contributed by atoms with E-state index in [0.29, 0.717) is 17.1 Å². The topological polar surface area (TPSA) is 137 Å². The molecule has 0 bridgehead atoms. The molecule has 0 saturated carbocycles. The first kappa shape index (κ1) is 21.2. The average molecular weight is 368 g/mol. The van der Waals surface area contributed by atoms with Gasteiger partial charge < -0.3 is 30.4 Å². The van der Waals surface area contributed by atoms with Gasteiger partial charge >= 0.3 is 11.9 Å². The number of nitrogens with one attached hydrogen (secondary N) is 1.